The first-order valence-corrected chi connectivity index (χ1v) is 8.87. The van der Waals surface area contributed by atoms with Crippen LogP contribution in [0.3, 0.4) is 0 Å². The normalized spacial score (nSPS) is 14.5. The zero-order valence-electron chi connectivity index (χ0n) is 14.6. The van der Waals surface area contributed by atoms with Crippen molar-refractivity contribution >= 4 is 23.3 Å². The van der Waals surface area contributed by atoms with Crippen molar-refractivity contribution < 1.29 is 27.5 Å². The van der Waals surface area contributed by atoms with Crippen LogP contribution in [-0.2, 0) is 11.0 Å². The van der Waals surface area contributed by atoms with Gasteiger partial charge in [0.25, 0.3) is 0 Å². The fourth-order valence-electron chi connectivity index (χ4n) is 2.73. The quantitative estimate of drug-likeness (QED) is 0.673. The molecule has 5 nitrogen and oxygen atoms in total. The molecular weight excluding hydrogens is 397 g/mol. The average Bonchev–Trinajstić information content (AvgIpc) is 2.62. The number of rotatable bonds is 6. The second kappa shape index (κ2) is 8.18. The van der Waals surface area contributed by atoms with Crippen molar-refractivity contribution in [3.05, 3.63) is 58.7 Å². The highest BCUT2D eigenvalue weighted by atomic mass is 35.5. The number of halogens is 4. The number of likely N-dealkylation sites (tertiary alicyclic amines) is 1. The standard InChI is InChI=1S/C19H16ClF3N2O3/c20-13-5-3-12(4-6-13)16(26)7-8-17(27)25-10-14(11-25)28-18-15(19(21,22)23)2-1-9-24-18/h1-6,9,14H,7-8,10-11H2. The largest absolute Gasteiger partial charge is 0.470 e. The number of carbonyl (C=O) groups excluding carboxylic acids is 2. The van der Waals surface area contributed by atoms with E-state index in [0.717, 1.165) is 6.07 Å². The van der Waals surface area contributed by atoms with Crippen LogP contribution in [0.25, 0.3) is 0 Å². The lowest BCUT2D eigenvalue weighted by Crippen LogP contribution is -2.56. The molecule has 1 aromatic heterocycles. The van der Waals surface area contributed by atoms with Crippen LogP contribution in [0.5, 0.6) is 5.88 Å². The highest BCUT2D eigenvalue weighted by molar-refractivity contribution is 6.30. The van der Waals surface area contributed by atoms with Crippen molar-refractivity contribution in [1.82, 2.24) is 9.88 Å². The molecule has 0 aliphatic carbocycles. The number of benzene rings is 1. The van der Waals surface area contributed by atoms with Crippen LogP contribution in [0.2, 0.25) is 5.02 Å². The molecule has 1 saturated heterocycles. The zero-order valence-corrected chi connectivity index (χ0v) is 15.3. The molecule has 0 atom stereocenters. The number of Topliss-reactive ketones (excluding diaryl/α,β-unsaturated/α-hetero) is 1. The summed E-state index contributed by atoms with van der Waals surface area (Å²) in [5.74, 6) is -0.925. The first-order chi connectivity index (χ1) is 13.2. The van der Waals surface area contributed by atoms with E-state index in [1.807, 2.05) is 0 Å². The predicted molar refractivity (Wildman–Crippen MR) is 95.3 cm³/mol. The van der Waals surface area contributed by atoms with Gasteiger partial charge in [0.15, 0.2) is 5.78 Å². The van der Waals surface area contributed by atoms with Crippen molar-refractivity contribution in [2.24, 2.45) is 0 Å². The lowest BCUT2D eigenvalue weighted by atomic mass is 10.0. The van der Waals surface area contributed by atoms with Gasteiger partial charge in [-0.2, -0.15) is 13.2 Å². The Morgan fingerprint density at radius 2 is 1.82 bits per heavy atom. The van der Waals surface area contributed by atoms with E-state index in [1.54, 1.807) is 24.3 Å². The molecule has 2 aromatic rings. The lowest BCUT2D eigenvalue weighted by Gasteiger charge is -2.39. The molecule has 1 amide bonds. The average molecular weight is 413 g/mol. The third kappa shape index (κ3) is 4.81. The maximum absolute atomic E-state index is 12.9. The van der Waals surface area contributed by atoms with Crippen LogP contribution in [0.1, 0.15) is 28.8 Å². The number of ketones is 1. The van der Waals surface area contributed by atoms with Crippen LogP contribution in [-0.4, -0.2) is 40.8 Å². The molecule has 0 spiro atoms. The molecular formula is C19H16ClF3N2O3. The Labute approximate surface area is 164 Å². The molecule has 0 unspecified atom stereocenters. The van der Waals surface area contributed by atoms with E-state index in [-0.39, 0.29) is 37.6 Å². The number of nitrogens with zero attached hydrogens (tertiary/aromatic N) is 2. The molecule has 1 aliphatic heterocycles. The minimum atomic E-state index is -4.56. The molecule has 1 fully saturated rings. The minimum absolute atomic E-state index is 0.0194. The van der Waals surface area contributed by atoms with E-state index >= 15 is 0 Å². The van der Waals surface area contributed by atoms with E-state index in [1.165, 1.54) is 17.2 Å². The summed E-state index contributed by atoms with van der Waals surface area (Å²) in [6, 6.07) is 8.46. The maximum atomic E-state index is 12.9. The molecule has 148 valence electrons. The summed E-state index contributed by atoms with van der Waals surface area (Å²) < 4.78 is 44.1. The second-order valence-electron chi connectivity index (χ2n) is 6.32. The Kier molecular flexibility index (Phi) is 5.88. The second-order valence-corrected chi connectivity index (χ2v) is 6.76. The number of ether oxygens (including phenoxy) is 1. The van der Waals surface area contributed by atoms with Crippen molar-refractivity contribution in [2.75, 3.05) is 13.1 Å². The Bertz CT molecular complexity index is 865. The van der Waals surface area contributed by atoms with Crippen molar-refractivity contribution in [1.29, 1.82) is 0 Å². The van der Waals surface area contributed by atoms with Gasteiger partial charge in [0, 0.05) is 29.6 Å². The monoisotopic (exact) mass is 412 g/mol. The molecule has 28 heavy (non-hydrogen) atoms. The first kappa shape index (κ1) is 20.1. The number of amides is 1. The summed E-state index contributed by atoms with van der Waals surface area (Å²) in [7, 11) is 0. The molecule has 0 bridgehead atoms. The van der Waals surface area contributed by atoms with Crippen LogP contribution in [0, 0.1) is 0 Å². The Hall–Kier alpha value is -2.61. The van der Waals surface area contributed by atoms with Crippen molar-refractivity contribution in [3.63, 3.8) is 0 Å². The number of pyridine rings is 1. The predicted octanol–water partition coefficient (Wildman–Crippen LogP) is 4.01. The number of aromatic nitrogens is 1. The number of hydrogen-bond donors (Lipinski definition) is 0. The molecule has 1 aliphatic rings. The van der Waals surface area contributed by atoms with E-state index in [4.69, 9.17) is 16.3 Å². The van der Waals surface area contributed by atoms with E-state index in [2.05, 4.69) is 4.98 Å². The fraction of sp³-hybridized carbons (Fsp3) is 0.316. The topological polar surface area (TPSA) is 59.5 Å². The number of carbonyl (C=O) groups is 2. The van der Waals surface area contributed by atoms with E-state index in [9.17, 15) is 22.8 Å². The van der Waals surface area contributed by atoms with Crippen LogP contribution < -0.4 is 4.74 Å². The third-order valence-electron chi connectivity index (χ3n) is 4.29. The van der Waals surface area contributed by atoms with Gasteiger partial charge in [0.05, 0.1) is 13.1 Å². The first-order valence-electron chi connectivity index (χ1n) is 8.49. The van der Waals surface area contributed by atoms with Gasteiger partial charge in [-0.25, -0.2) is 4.98 Å². The van der Waals surface area contributed by atoms with Crippen LogP contribution >= 0.6 is 11.6 Å². The Morgan fingerprint density at radius 1 is 1.14 bits per heavy atom. The van der Waals surface area contributed by atoms with Gasteiger partial charge < -0.3 is 9.64 Å². The zero-order chi connectivity index (χ0) is 20.3. The van der Waals surface area contributed by atoms with E-state index in [0.29, 0.717) is 10.6 Å². The summed E-state index contributed by atoms with van der Waals surface area (Å²) in [4.78, 5) is 29.3. The van der Waals surface area contributed by atoms with Gasteiger partial charge in [-0.05, 0) is 36.4 Å². The fourth-order valence-corrected chi connectivity index (χ4v) is 2.86. The molecule has 0 radical (unpaired) electrons. The SMILES string of the molecule is O=C(CCC(=O)N1CC(Oc2ncccc2C(F)(F)F)C1)c1ccc(Cl)cc1. The summed E-state index contributed by atoms with van der Waals surface area (Å²) >= 11 is 5.77. The summed E-state index contributed by atoms with van der Waals surface area (Å²) in [6.45, 7) is 0.309. The van der Waals surface area contributed by atoms with Crippen LogP contribution in [0.4, 0.5) is 13.2 Å². The van der Waals surface area contributed by atoms with E-state index < -0.39 is 23.7 Å². The third-order valence-corrected chi connectivity index (χ3v) is 4.54. The smallest absolute Gasteiger partial charge is 0.421 e. The van der Waals surface area contributed by atoms with Gasteiger partial charge in [0.2, 0.25) is 11.8 Å². The molecule has 3 rings (SSSR count). The number of alkyl halides is 3. The lowest BCUT2D eigenvalue weighted by molar-refractivity contribution is -0.145. The molecule has 0 N–H and O–H groups in total. The van der Waals surface area contributed by atoms with Gasteiger partial charge in [-0.3, -0.25) is 9.59 Å². The highest BCUT2D eigenvalue weighted by Gasteiger charge is 2.38. The minimum Gasteiger partial charge on any atom is -0.470 e. The maximum Gasteiger partial charge on any atom is 0.421 e. The van der Waals surface area contributed by atoms with Gasteiger partial charge in [-0.1, -0.05) is 11.6 Å². The highest BCUT2D eigenvalue weighted by Crippen LogP contribution is 2.35. The van der Waals surface area contributed by atoms with Gasteiger partial charge in [0.1, 0.15) is 11.7 Å². The Morgan fingerprint density at radius 3 is 2.46 bits per heavy atom. The summed E-state index contributed by atoms with van der Waals surface area (Å²) in [5, 5.41) is 0.515. The molecule has 2 heterocycles. The Balaban J connectivity index is 1.47. The summed E-state index contributed by atoms with van der Waals surface area (Å²) in [5.41, 5.74) is -0.481. The van der Waals surface area contributed by atoms with Gasteiger partial charge in [-0.15, -0.1) is 0 Å². The number of hydrogen-bond acceptors (Lipinski definition) is 4. The van der Waals surface area contributed by atoms with Crippen molar-refractivity contribution in [3.8, 4) is 5.88 Å². The molecule has 9 heteroatoms. The van der Waals surface area contributed by atoms with Crippen molar-refractivity contribution in [2.45, 2.75) is 25.1 Å². The molecule has 0 saturated carbocycles. The molecule has 1 aromatic carbocycles. The summed E-state index contributed by atoms with van der Waals surface area (Å²) in [6.07, 6.45) is -3.85. The van der Waals surface area contributed by atoms with Crippen LogP contribution in [0.15, 0.2) is 42.6 Å². The van der Waals surface area contributed by atoms with Gasteiger partial charge >= 0.3 is 6.18 Å².